The highest BCUT2D eigenvalue weighted by atomic mass is 32.1. The number of nitro benzene ring substituents is 1. The number of para-hydroxylation sites is 1. The summed E-state index contributed by atoms with van der Waals surface area (Å²) in [7, 11) is 0. The van der Waals surface area contributed by atoms with Gasteiger partial charge in [-0.15, -0.1) is 11.3 Å². The molecule has 0 atom stereocenters. The molecule has 0 saturated carbocycles. The number of aromatic nitrogens is 1. The normalized spacial score (nSPS) is 12.0. The van der Waals surface area contributed by atoms with Gasteiger partial charge < -0.3 is 9.84 Å². The second-order valence-electron chi connectivity index (χ2n) is 9.09. The summed E-state index contributed by atoms with van der Waals surface area (Å²) in [6.45, 7) is 6.31. The molecule has 0 spiro atoms. The molecule has 0 saturated heterocycles. The van der Waals surface area contributed by atoms with Gasteiger partial charge >= 0.3 is 11.7 Å². The van der Waals surface area contributed by atoms with Crippen molar-refractivity contribution in [3.8, 4) is 11.5 Å². The molecule has 0 radical (unpaired) electrons. The Morgan fingerprint density at radius 3 is 2.46 bits per heavy atom. The predicted molar refractivity (Wildman–Crippen MR) is 138 cm³/mol. The number of hydrogen-bond acceptors (Lipinski definition) is 6. The number of carboxylic acid groups (broad SMARTS) is 1. The zero-order valence-electron chi connectivity index (χ0n) is 19.5. The maximum Gasteiger partial charge on any atom is 0.312 e. The molecule has 0 amide bonds. The van der Waals surface area contributed by atoms with Crippen LogP contribution in [0.2, 0.25) is 0 Å². The molecule has 0 aliphatic carbocycles. The van der Waals surface area contributed by atoms with E-state index < -0.39 is 10.9 Å². The highest BCUT2D eigenvalue weighted by Crippen LogP contribution is 2.35. The number of hydrogen-bond donors (Lipinski definition) is 1. The maximum absolute atomic E-state index is 11.8. The number of thiazole rings is 1. The Labute approximate surface area is 206 Å². The lowest BCUT2D eigenvalue weighted by molar-refractivity contribution is -0.385. The van der Waals surface area contributed by atoms with E-state index in [2.05, 4.69) is 25.8 Å². The first-order valence-electron chi connectivity index (χ1n) is 11.0. The van der Waals surface area contributed by atoms with Crippen LogP contribution in [0.5, 0.6) is 11.5 Å². The number of rotatable bonds is 7. The van der Waals surface area contributed by atoms with Crippen molar-refractivity contribution >= 4 is 44.9 Å². The number of ether oxygens (including phenoxy) is 1. The Kier molecular flexibility index (Phi) is 6.66. The third-order valence-corrected chi connectivity index (χ3v) is 6.49. The zero-order valence-corrected chi connectivity index (χ0v) is 20.3. The third-order valence-electron chi connectivity index (χ3n) is 5.38. The summed E-state index contributed by atoms with van der Waals surface area (Å²) < 4.78 is 6.76. The summed E-state index contributed by atoms with van der Waals surface area (Å²) >= 11 is 1.38. The Hall–Kier alpha value is -4.04. The molecule has 4 aromatic rings. The second-order valence-corrected chi connectivity index (χ2v) is 10.1. The quantitative estimate of drug-likeness (QED) is 0.216. The predicted octanol–water partition coefficient (Wildman–Crippen LogP) is 7.31. The van der Waals surface area contributed by atoms with Crippen molar-refractivity contribution in [2.75, 3.05) is 0 Å². The fourth-order valence-electron chi connectivity index (χ4n) is 3.57. The van der Waals surface area contributed by atoms with Crippen molar-refractivity contribution in [1.29, 1.82) is 0 Å². The minimum absolute atomic E-state index is 0.0184. The number of carboxylic acids is 1. The Bertz CT molecular complexity index is 1400. The van der Waals surface area contributed by atoms with Crippen LogP contribution in [0.15, 0.2) is 66.7 Å². The van der Waals surface area contributed by atoms with Crippen LogP contribution >= 0.6 is 11.3 Å². The number of aliphatic carboxylic acids is 1. The Morgan fingerprint density at radius 1 is 1.11 bits per heavy atom. The van der Waals surface area contributed by atoms with E-state index in [1.165, 1.54) is 23.5 Å². The van der Waals surface area contributed by atoms with Crippen LogP contribution in [-0.4, -0.2) is 21.0 Å². The standard InChI is InChI=1S/C27H24N2O5S/c1-27(2,3)19-9-11-20(12-10-19)34-23-13-8-17(15-22(23)29(32)33)14-18(16-25(30)31)26-28-21-6-4-5-7-24(21)35-26/h4-15H,16H2,1-3H3,(H,30,31)/b18-14-. The van der Waals surface area contributed by atoms with Gasteiger partial charge in [-0.05, 0) is 58.5 Å². The van der Waals surface area contributed by atoms with Gasteiger partial charge in [-0.2, -0.15) is 0 Å². The van der Waals surface area contributed by atoms with Gasteiger partial charge in [0.1, 0.15) is 10.8 Å². The molecule has 1 N–H and O–H groups in total. The van der Waals surface area contributed by atoms with Crippen molar-refractivity contribution in [1.82, 2.24) is 4.98 Å². The van der Waals surface area contributed by atoms with E-state index in [0.717, 1.165) is 15.8 Å². The molecule has 0 fully saturated rings. The van der Waals surface area contributed by atoms with Gasteiger partial charge in [-0.25, -0.2) is 4.98 Å². The molecular weight excluding hydrogens is 464 g/mol. The van der Waals surface area contributed by atoms with Gasteiger partial charge in [0.15, 0.2) is 0 Å². The molecule has 0 bridgehead atoms. The first-order chi connectivity index (χ1) is 16.6. The largest absolute Gasteiger partial charge is 0.481 e. The summed E-state index contributed by atoms with van der Waals surface area (Å²) in [5.41, 5.74) is 2.63. The minimum atomic E-state index is -1.01. The van der Waals surface area contributed by atoms with Gasteiger partial charge in [0.25, 0.3) is 0 Å². The summed E-state index contributed by atoms with van der Waals surface area (Å²) in [6.07, 6.45) is 1.37. The SMILES string of the molecule is CC(C)(C)c1ccc(Oc2ccc(/C=C(/CC(=O)O)c3nc4ccccc4s3)cc2[N+](=O)[O-])cc1. The van der Waals surface area contributed by atoms with E-state index >= 15 is 0 Å². The van der Waals surface area contributed by atoms with Crippen molar-refractivity contribution in [2.45, 2.75) is 32.6 Å². The number of carbonyl (C=O) groups is 1. The van der Waals surface area contributed by atoms with Crippen LogP contribution in [0.3, 0.4) is 0 Å². The molecule has 35 heavy (non-hydrogen) atoms. The highest BCUT2D eigenvalue weighted by molar-refractivity contribution is 7.19. The molecule has 0 aliphatic rings. The summed E-state index contributed by atoms with van der Waals surface area (Å²) in [6, 6.07) is 19.6. The molecule has 7 nitrogen and oxygen atoms in total. The molecule has 1 aromatic heterocycles. The van der Waals surface area contributed by atoms with Gasteiger partial charge in [0, 0.05) is 6.07 Å². The van der Waals surface area contributed by atoms with Crippen LogP contribution in [0.1, 0.15) is 43.3 Å². The van der Waals surface area contributed by atoms with Crippen LogP contribution < -0.4 is 4.74 Å². The first kappa shape index (κ1) is 24.1. The van der Waals surface area contributed by atoms with E-state index in [-0.39, 0.29) is 23.3 Å². The lowest BCUT2D eigenvalue weighted by Gasteiger charge is -2.19. The van der Waals surface area contributed by atoms with Crippen molar-refractivity contribution in [2.24, 2.45) is 0 Å². The topological polar surface area (TPSA) is 103 Å². The number of nitrogens with zero attached hydrogens (tertiary/aromatic N) is 2. The number of nitro groups is 1. The van der Waals surface area contributed by atoms with Crippen molar-refractivity contribution in [3.63, 3.8) is 0 Å². The average molecular weight is 489 g/mol. The Morgan fingerprint density at radius 2 is 1.83 bits per heavy atom. The van der Waals surface area contributed by atoms with Gasteiger partial charge in [0.2, 0.25) is 5.75 Å². The first-order valence-corrected chi connectivity index (χ1v) is 11.8. The van der Waals surface area contributed by atoms with Crippen molar-refractivity contribution in [3.05, 3.63) is 93.0 Å². The smallest absolute Gasteiger partial charge is 0.312 e. The van der Waals surface area contributed by atoms with Crippen LogP contribution in [0.4, 0.5) is 5.69 Å². The zero-order chi connectivity index (χ0) is 25.2. The van der Waals surface area contributed by atoms with E-state index in [4.69, 9.17) is 4.74 Å². The molecule has 0 aliphatic heterocycles. The van der Waals surface area contributed by atoms with Crippen molar-refractivity contribution < 1.29 is 19.6 Å². The van der Waals surface area contributed by atoms with Crippen LogP contribution in [-0.2, 0) is 10.2 Å². The summed E-state index contributed by atoms with van der Waals surface area (Å²) in [4.78, 5) is 27.4. The second kappa shape index (κ2) is 9.68. The number of fused-ring (bicyclic) bond motifs is 1. The monoisotopic (exact) mass is 488 g/mol. The molecule has 1 heterocycles. The van der Waals surface area contributed by atoms with E-state index in [9.17, 15) is 20.0 Å². The van der Waals surface area contributed by atoms with E-state index in [1.807, 2.05) is 36.4 Å². The maximum atomic E-state index is 11.8. The van der Waals surface area contributed by atoms with Gasteiger partial charge in [-0.1, -0.05) is 51.1 Å². The van der Waals surface area contributed by atoms with Crippen LogP contribution in [0, 0.1) is 10.1 Å². The molecular formula is C27H24N2O5S. The van der Waals surface area contributed by atoms with Gasteiger partial charge in [-0.3, -0.25) is 14.9 Å². The molecule has 0 unspecified atom stereocenters. The average Bonchev–Trinajstić information content (AvgIpc) is 3.23. The lowest BCUT2D eigenvalue weighted by Crippen LogP contribution is -2.10. The van der Waals surface area contributed by atoms with Gasteiger partial charge in [0.05, 0.1) is 21.6 Å². The minimum Gasteiger partial charge on any atom is -0.481 e. The summed E-state index contributed by atoms with van der Waals surface area (Å²) in [5.74, 6) is -0.412. The fourth-order valence-corrected chi connectivity index (χ4v) is 4.54. The van der Waals surface area contributed by atoms with E-state index in [1.54, 1.807) is 24.3 Å². The highest BCUT2D eigenvalue weighted by Gasteiger charge is 2.19. The molecule has 8 heteroatoms. The molecule has 3 aromatic carbocycles. The summed E-state index contributed by atoms with van der Waals surface area (Å²) in [5, 5.41) is 21.8. The number of benzene rings is 3. The lowest BCUT2D eigenvalue weighted by atomic mass is 9.87. The fraction of sp³-hybridized carbons (Fsp3) is 0.185. The third kappa shape index (κ3) is 5.73. The Balaban J connectivity index is 1.68. The molecule has 178 valence electrons. The van der Waals surface area contributed by atoms with Crippen LogP contribution in [0.25, 0.3) is 21.9 Å². The molecule has 4 rings (SSSR count). The van der Waals surface area contributed by atoms with E-state index in [0.29, 0.717) is 21.9 Å².